The van der Waals surface area contributed by atoms with Gasteiger partial charge in [0.2, 0.25) is 5.78 Å². The second-order valence-electron chi connectivity index (χ2n) is 1.67. The second-order valence-corrected chi connectivity index (χ2v) is 1.67. The van der Waals surface area contributed by atoms with E-state index in [1.807, 2.05) is 13.8 Å². The molecule has 0 saturated heterocycles. The van der Waals surface area contributed by atoms with Crippen molar-refractivity contribution in [3.63, 3.8) is 0 Å². The Morgan fingerprint density at radius 2 is 1.64 bits per heavy atom. The predicted molar refractivity (Wildman–Crippen MR) is 37.3 cm³/mol. The van der Waals surface area contributed by atoms with Crippen LogP contribution in [-0.4, -0.2) is 12.0 Å². The summed E-state index contributed by atoms with van der Waals surface area (Å²) in [6.45, 7) is 5.53. The molecule has 0 fully saturated rings. The Balaban J connectivity index is 0. The maximum Gasteiger partial charge on any atom is 0.449 e. The first-order valence-electron chi connectivity index (χ1n) is 3.58. The highest BCUT2D eigenvalue weighted by Crippen LogP contribution is 2.18. The van der Waals surface area contributed by atoms with Crippen LogP contribution < -0.4 is 0 Å². The van der Waals surface area contributed by atoms with Crippen molar-refractivity contribution in [2.24, 2.45) is 0 Å². The number of carbonyl (C=O) groups excluding carboxylic acids is 1. The van der Waals surface area contributed by atoms with Crippen LogP contribution >= 0.6 is 0 Å². The molecule has 0 aromatic carbocycles. The van der Waals surface area contributed by atoms with Crippen molar-refractivity contribution in [2.45, 2.75) is 39.8 Å². The fourth-order valence-electron chi connectivity index (χ4n) is 0.369. The van der Waals surface area contributed by atoms with Crippen molar-refractivity contribution in [2.75, 3.05) is 0 Å². The van der Waals surface area contributed by atoms with Gasteiger partial charge in [0.1, 0.15) is 0 Å². The van der Waals surface area contributed by atoms with Gasteiger partial charge in [-0.25, -0.2) is 0 Å². The van der Waals surface area contributed by atoms with Gasteiger partial charge in [0, 0.05) is 6.42 Å². The molecular weight excluding hydrogens is 157 g/mol. The molecule has 4 heteroatoms. The van der Waals surface area contributed by atoms with E-state index < -0.39 is 18.4 Å². The molecule has 0 atom stereocenters. The van der Waals surface area contributed by atoms with Crippen LogP contribution in [0.2, 0.25) is 0 Å². The summed E-state index contributed by atoms with van der Waals surface area (Å²) in [4.78, 5) is 9.94. The Kier molecular flexibility index (Phi) is 7.36. The van der Waals surface area contributed by atoms with Gasteiger partial charge in [-0.3, -0.25) is 4.79 Å². The number of hydrogen-bond donors (Lipinski definition) is 0. The molecule has 0 rings (SSSR count). The summed E-state index contributed by atoms with van der Waals surface area (Å²) in [5.74, 6) is -1.63. The van der Waals surface area contributed by atoms with E-state index in [-0.39, 0.29) is 6.42 Å². The summed E-state index contributed by atoms with van der Waals surface area (Å²) < 4.78 is 33.9. The fraction of sp³-hybridized carbons (Fsp3) is 0.857. The van der Waals surface area contributed by atoms with E-state index in [9.17, 15) is 18.0 Å². The van der Waals surface area contributed by atoms with Crippen LogP contribution in [0, 0.1) is 0 Å². The number of ketones is 1. The maximum absolute atomic E-state index is 11.3. The topological polar surface area (TPSA) is 17.1 Å². The Hall–Kier alpha value is -0.540. The minimum Gasteiger partial charge on any atom is -0.290 e. The molecule has 68 valence electrons. The zero-order valence-electron chi connectivity index (χ0n) is 6.96. The van der Waals surface area contributed by atoms with Gasteiger partial charge in [0.25, 0.3) is 0 Å². The Labute approximate surface area is 64.6 Å². The molecule has 11 heavy (non-hydrogen) atoms. The molecule has 0 heterocycles. The summed E-state index contributed by atoms with van der Waals surface area (Å²) in [6, 6.07) is 0. The third-order valence-corrected chi connectivity index (χ3v) is 0.793. The van der Waals surface area contributed by atoms with Crippen molar-refractivity contribution >= 4 is 5.78 Å². The highest BCUT2D eigenvalue weighted by atomic mass is 19.4. The third kappa shape index (κ3) is 7.36. The quantitative estimate of drug-likeness (QED) is 0.622. The SMILES string of the molecule is CC.CCCC(=O)C(F)(F)F. The normalized spacial score (nSPS) is 10.0. The first-order chi connectivity index (χ1) is 4.98. The first-order valence-corrected chi connectivity index (χ1v) is 3.58. The molecule has 0 aromatic rings. The van der Waals surface area contributed by atoms with Crippen molar-refractivity contribution in [1.29, 1.82) is 0 Å². The highest BCUT2D eigenvalue weighted by molar-refractivity contribution is 5.83. The van der Waals surface area contributed by atoms with Crippen LogP contribution in [0.25, 0.3) is 0 Å². The van der Waals surface area contributed by atoms with E-state index in [0.717, 1.165) is 0 Å². The van der Waals surface area contributed by atoms with Gasteiger partial charge in [-0.1, -0.05) is 20.8 Å². The van der Waals surface area contributed by atoms with E-state index in [2.05, 4.69) is 0 Å². The molecular formula is C7H13F3O. The number of hydrogen-bond acceptors (Lipinski definition) is 1. The van der Waals surface area contributed by atoms with Crippen LogP contribution in [0.3, 0.4) is 0 Å². The molecule has 0 aliphatic carbocycles. The molecule has 0 bridgehead atoms. The van der Waals surface area contributed by atoms with Crippen LogP contribution in [-0.2, 0) is 4.79 Å². The first kappa shape index (κ1) is 13.1. The number of Topliss-reactive ketones (excluding diaryl/α,β-unsaturated/α-hetero) is 1. The second kappa shape index (κ2) is 6.19. The summed E-state index contributed by atoms with van der Waals surface area (Å²) in [7, 11) is 0. The zero-order chi connectivity index (χ0) is 9.49. The van der Waals surface area contributed by atoms with Gasteiger partial charge in [0.15, 0.2) is 0 Å². The standard InChI is InChI=1S/C5H7F3O.C2H6/c1-2-3-4(9)5(6,7)8;1-2/h2-3H2,1H3;1-2H3. The maximum atomic E-state index is 11.3. The number of alkyl halides is 3. The van der Waals surface area contributed by atoms with Gasteiger partial charge in [0.05, 0.1) is 0 Å². The van der Waals surface area contributed by atoms with E-state index in [1.165, 1.54) is 6.92 Å². The van der Waals surface area contributed by atoms with Crippen molar-refractivity contribution < 1.29 is 18.0 Å². The largest absolute Gasteiger partial charge is 0.449 e. The highest BCUT2D eigenvalue weighted by Gasteiger charge is 2.36. The van der Waals surface area contributed by atoms with Crippen molar-refractivity contribution in [3.8, 4) is 0 Å². The smallest absolute Gasteiger partial charge is 0.290 e. The van der Waals surface area contributed by atoms with Gasteiger partial charge >= 0.3 is 6.18 Å². The average Bonchev–Trinajstić information content (AvgIpc) is 1.91. The summed E-state index contributed by atoms with van der Waals surface area (Å²) in [6.07, 6.45) is -4.78. The van der Waals surface area contributed by atoms with Crippen molar-refractivity contribution in [1.82, 2.24) is 0 Å². The summed E-state index contributed by atoms with van der Waals surface area (Å²) in [5, 5.41) is 0. The number of halogens is 3. The Morgan fingerprint density at radius 1 is 1.27 bits per heavy atom. The van der Waals surface area contributed by atoms with Crippen LogP contribution in [0.5, 0.6) is 0 Å². The van der Waals surface area contributed by atoms with Gasteiger partial charge in [-0.15, -0.1) is 0 Å². The lowest BCUT2D eigenvalue weighted by Gasteiger charge is -2.01. The Bertz CT molecular complexity index is 107. The van der Waals surface area contributed by atoms with Gasteiger partial charge < -0.3 is 0 Å². The Morgan fingerprint density at radius 3 is 1.73 bits per heavy atom. The monoisotopic (exact) mass is 170 g/mol. The van der Waals surface area contributed by atoms with Gasteiger partial charge in [-0.05, 0) is 6.42 Å². The van der Waals surface area contributed by atoms with E-state index in [4.69, 9.17) is 0 Å². The van der Waals surface area contributed by atoms with E-state index in [1.54, 1.807) is 0 Å². The molecule has 0 spiro atoms. The van der Waals surface area contributed by atoms with E-state index >= 15 is 0 Å². The predicted octanol–water partition coefficient (Wildman–Crippen LogP) is 2.94. The van der Waals surface area contributed by atoms with E-state index in [0.29, 0.717) is 0 Å². The molecule has 0 aliphatic rings. The zero-order valence-corrected chi connectivity index (χ0v) is 6.96. The minimum absolute atomic E-state index is 0.248. The summed E-state index contributed by atoms with van der Waals surface area (Å²) >= 11 is 0. The summed E-state index contributed by atoms with van der Waals surface area (Å²) in [5.41, 5.74) is 0. The van der Waals surface area contributed by atoms with Crippen LogP contribution in [0.1, 0.15) is 33.6 Å². The number of rotatable bonds is 2. The van der Waals surface area contributed by atoms with Crippen LogP contribution in [0.4, 0.5) is 13.2 Å². The lowest BCUT2D eigenvalue weighted by Crippen LogP contribution is -2.21. The average molecular weight is 170 g/mol. The minimum atomic E-state index is -4.63. The molecule has 0 unspecified atom stereocenters. The van der Waals surface area contributed by atoms with Gasteiger partial charge in [-0.2, -0.15) is 13.2 Å². The van der Waals surface area contributed by atoms with Crippen LogP contribution in [0.15, 0.2) is 0 Å². The molecule has 0 aliphatic heterocycles. The molecule has 0 amide bonds. The lowest BCUT2D eigenvalue weighted by molar-refractivity contribution is -0.171. The molecule has 1 nitrogen and oxygen atoms in total. The third-order valence-electron chi connectivity index (χ3n) is 0.793. The lowest BCUT2D eigenvalue weighted by atomic mass is 10.2. The fourth-order valence-corrected chi connectivity index (χ4v) is 0.369. The molecule has 0 radical (unpaired) electrons. The molecule has 0 aromatic heterocycles. The molecule has 0 saturated carbocycles. The van der Waals surface area contributed by atoms with Crippen molar-refractivity contribution in [3.05, 3.63) is 0 Å². The number of carbonyl (C=O) groups is 1. The molecule has 0 N–H and O–H groups in total.